The fraction of sp³-hybridized carbons (Fsp3) is 0.769. The molecule has 0 spiro atoms. The third kappa shape index (κ3) is 7.50. The van der Waals surface area contributed by atoms with Crippen molar-refractivity contribution in [1.29, 1.82) is 0 Å². The molecule has 0 aliphatic carbocycles. The summed E-state index contributed by atoms with van der Waals surface area (Å²) < 4.78 is 28.8. The van der Waals surface area contributed by atoms with Gasteiger partial charge in [0.1, 0.15) is 0 Å². The van der Waals surface area contributed by atoms with Crippen LogP contribution in [0.4, 0.5) is 4.39 Å². The van der Waals surface area contributed by atoms with Crippen LogP contribution in [0.3, 0.4) is 0 Å². The number of unbranched alkanes of at least 4 members (excludes halogenated alkanes) is 3. The van der Waals surface area contributed by atoms with Crippen LogP contribution in [-0.2, 0) is 11.5 Å². The van der Waals surface area contributed by atoms with Crippen molar-refractivity contribution in [2.75, 3.05) is 6.61 Å². The van der Waals surface area contributed by atoms with Crippen molar-refractivity contribution in [3.8, 4) is 0 Å². The first-order chi connectivity index (χ1) is 15.6. The van der Waals surface area contributed by atoms with Gasteiger partial charge in [-0.05, 0) is 0 Å². The average molecular weight is 584 g/mol. The van der Waals surface area contributed by atoms with Crippen LogP contribution in [-0.4, -0.2) is 47.8 Å². The molecular formula is C26H48FN3OSiSn. The van der Waals surface area contributed by atoms with E-state index in [-0.39, 0.29) is 5.82 Å². The van der Waals surface area contributed by atoms with E-state index in [0.717, 1.165) is 33.0 Å². The van der Waals surface area contributed by atoms with E-state index >= 15 is 4.39 Å². The number of hydrogen-bond donors (Lipinski definition) is 0. The Morgan fingerprint density at radius 1 is 0.909 bits per heavy atom. The molecule has 0 bridgehead atoms. The zero-order valence-electron chi connectivity index (χ0n) is 22.6. The van der Waals surface area contributed by atoms with Crippen molar-refractivity contribution in [2.45, 2.75) is 119 Å². The third-order valence-electron chi connectivity index (χ3n) is 6.93. The first kappa shape index (κ1) is 28.8. The van der Waals surface area contributed by atoms with Crippen LogP contribution >= 0.6 is 0 Å². The summed E-state index contributed by atoms with van der Waals surface area (Å²) in [6.45, 7) is 18.9. The van der Waals surface area contributed by atoms with E-state index in [1.54, 1.807) is 0 Å². The molecule has 7 heteroatoms. The summed E-state index contributed by atoms with van der Waals surface area (Å²) in [7, 11) is -1.14. The average Bonchev–Trinajstić information content (AvgIpc) is 3.06. The van der Waals surface area contributed by atoms with Crippen LogP contribution < -0.4 is 3.58 Å². The molecule has 0 fully saturated rings. The summed E-state index contributed by atoms with van der Waals surface area (Å²) in [5.41, 5.74) is 2.29. The predicted octanol–water partition coefficient (Wildman–Crippen LogP) is 7.56. The molecule has 0 aliphatic heterocycles. The molecule has 4 nitrogen and oxygen atoms in total. The van der Waals surface area contributed by atoms with E-state index in [1.807, 2.05) is 18.5 Å². The van der Waals surface area contributed by atoms with Crippen LogP contribution in [0.15, 0.2) is 0 Å². The zero-order valence-corrected chi connectivity index (χ0v) is 26.5. The van der Waals surface area contributed by atoms with Gasteiger partial charge in [0, 0.05) is 0 Å². The van der Waals surface area contributed by atoms with Gasteiger partial charge < -0.3 is 0 Å². The number of ether oxygens (including phenoxy) is 1. The molecule has 0 saturated heterocycles. The molecule has 2 rings (SSSR count). The van der Waals surface area contributed by atoms with Gasteiger partial charge in [-0.25, -0.2) is 0 Å². The van der Waals surface area contributed by atoms with Crippen LogP contribution in [0.1, 0.15) is 70.7 Å². The molecule has 2 aromatic rings. The van der Waals surface area contributed by atoms with Gasteiger partial charge in [-0.2, -0.15) is 0 Å². The maximum atomic E-state index is 16.1. The van der Waals surface area contributed by atoms with Gasteiger partial charge in [-0.3, -0.25) is 0 Å². The number of aromatic nitrogens is 3. The number of pyridine rings is 1. The number of fused-ring (bicyclic) bond motifs is 1. The van der Waals surface area contributed by atoms with Crippen molar-refractivity contribution in [2.24, 2.45) is 0 Å². The molecule has 0 saturated carbocycles. The monoisotopic (exact) mass is 585 g/mol. The van der Waals surface area contributed by atoms with Crippen LogP contribution in [0.2, 0.25) is 39.0 Å². The molecule has 0 amide bonds. The van der Waals surface area contributed by atoms with Gasteiger partial charge in [0.25, 0.3) is 0 Å². The van der Waals surface area contributed by atoms with E-state index in [2.05, 4.69) is 40.4 Å². The quantitative estimate of drug-likeness (QED) is 0.160. The fourth-order valence-corrected chi connectivity index (χ4v) is 22.9. The molecule has 33 heavy (non-hydrogen) atoms. The predicted molar refractivity (Wildman–Crippen MR) is 146 cm³/mol. The summed E-state index contributed by atoms with van der Waals surface area (Å²) in [5.74, 6) is -0.0242. The fourth-order valence-electron chi connectivity index (χ4n) is 4.89. The second-order valence-electron chi connectivity index (χ2n) is 11.1. The minimum absolute atomic E-state index is 0.0242. The molecular weight excluding hydrogens is 536 g/mol. The van der Waals surface area contributed by atoms with Crippen LogP contribution in [0, 0.1) is 19.7 Å². The molecule has 2 aromatic heterocycles. The van der Waals surface area contributed by atoms with Crippen molar-refractivity contribution in [3.63, 3.8) is 0 Å². The van der Waals surface area contributed by atoms with E-state index in [1.165, 1.54) is 51.8 Å². The molecule has 0 atom stereocenters. The first-order valence-corrected chi connectivity index (χ1v) is 24.4. The number of halogens is 1. The molecule has 0 N–H and O–H groups in total. The van der Waals surface area contributed by atoms with Gasteiger partial charge in [-0.1, -0.05) is 0 Å². The van der Waals surface area contributed by atoms with Gasteiger partial charge >= 0.3 is 208 Å². The summed E-state index contributed by atoms with van der Waals surface area (Å²) in [4.78, 5) is 4.73. The Bertz CT molecular complexity index is 872. The van der Waals surface area contributed by atoms with Gasteiger partial charge in [0.2, 0.25) is 0 Å². The van der Waals surface area contributed by atoms with E-state index in [4.69, 9.17) is 14.8 Å². The Kier molecular flexibility index (Phi) is 11.3. The Hall–Kier alpha value is -0.474. The summed E-state index contributed by atoms with van der Waals surface area (Å²) in [6, 6.07) is 1.13. The van der Waals surface area contributed by atoms with E-state index in [0.29, 0.717) is 12.4 Å². The number of aryl methyl sites for hydroxylation is 2. The number of rotatable bonds is 15. The summed E-state index contributed by atoms with van der Waals surface area (Å²) in [6.07, 6.45) is 7.15. The molecule has 2 heterocycles. The molecule has 0 unspecified atom stereocenters. The van der Waals surface area contributed by atoms with Crippen molar-refractivity contribution >= 4 is 41.1 Å². The molecule has 0 aliphatic rings. The number of hydrogen-bond acceptors (Lipinski definition) is 3. The Morgan fingerprint density at radius 3 is 1.94 bits per heavy atom. The third-order valence-corrected chi connectivity index (χ3v) is 24.2. The first-order valence-electron chi connectivity index (χ1n) is 13.2. The van der Waals surface area contributed by atoms with Crippen molar-refractivity contribution in [3.05, 3.63) is 17.2 Å². The Labute approximate surface area is 207 Å². The van der Waals surface area contributed by atoms with Crippen molar-refractivity contribution < 1.29 is 9.13 Å². The maximum absolute atomic E-state index is 16.1. The molecule has 0 radical (unpaired) electrons. The van der Waals surface area contributed by atoms with Crippen LogP contribution in [0.5, 0.6) is 0 Å². The molecule has 0 aromatic carbocycles. The van der Waals surface area contributed by atoms with Gasteiger partial charge in [0.05, 0.1) is 0 Å². The number of nitrogens with zero attached hydrogens (tertiary/aromatic N) is 3. The second-order valence-corrected chi connectivity index (χ2v) is 29.7. The Morgan fingerprint density at radius 2 is 1.45 bits per heavy atom. The second kappa shape index (κ2) is 13.0. The SMILES string of the molecule is CCC[CH2][Sn]([CH2]CCC)([CH2]CCC)[c]1c(F)c(C)nc2c1c(C)nn2COCC[Si](C)(C)C. The van der Waals surface area contributed by atoms with Gasteiger partial charge in [0.15, 0.2) is 0 Å². The van der Waals surface area contributed by atoms with Crippen molar-refractivity contribution in [1.82, 2.24) is 14.8 Å². The molecule has 188 valence electrons. The standard InChI is InChI=1S/C14H21FN3OSi.3C4H9.Sn/c1-10-12-8-13(15)11(2)16-14(12)18(17-10)9-19-6-7-20(3,4)5;3*1-3-4-2;/h6-7,9H2,1-5H3;3*1,3-4H2,2H3;. The van der Waals surface area contributed by atoms with Gasteiger partial charge in [-0.15, -0.1) is 0 Å². The normalized spacial score (nSPS) is 12.8. The summed E-state index contributed by atoms with van der Waals surface area (Å²) in [5, 5.41) is 5.85. The Balaban J connectivity index is 2.59. The zero-order chi connectivity index (χ0) is 24.6. The minimum atomic E-state index is -3.03. The van der Waals surface area contributed by atoms with E-state index < -0.39 is 26.5 Å². The van der Waals surface area contributed by atoms with E-state index in [9.17, 15) is 0 Å². The summed E-state index contributed by atoms with van der Waals surface area (Å²) >= 11 is -3.03. The topological polar surface area (TPSA) is 39.9 Å². The van der Waals surface area contributed by atoms with Crippen LogP contribution in [0.25, 0.3) is 11.0 Å².